The van der Waals surface area contributed by atoms with Crippen LogP contribution in [0.5, 0.6) is 0 Å². The highest BCUT2D eigenvalue weighted by atomic mass is 32.1. The molecule has 2 aromatic heterocycles. The van der Waals surface area contributed by atoms with Gasteiger partial charge in [0, 0.05) is 57.4 Å². The van der Waals surface area contributed by atoms with Gasteiger partial charge in [-0.2, -0.15) is 0 Å². The zero-order chi connectivity index (χ0) is 32.3. The summed E-state index contributed by atoms with van der Waals surface area (Å²) in [7, 11) is 0. The van der Waals surface area contributed by atoms with E-state index in [1.54, 1.807) is 0 Å². The molecule has 0 atom stereocenters. The monoisotopic (exact) mass is 659 g/mol. The first kappa shape index (κ1) is 28.3. The maximum atomic E-state index is 2.43. The molecule has 0 bridgehead atoms. The Bertz CT molecular complexity index is 2740. The predicted molar refractivity (Wildman–Crippen MR) is 215 cm³/mol. The van der Waals surface area contributed by atoms with Crippen LogP contribution < -0.4 is 4.90 Å². The highest BCUT2D eigenvalue weighted by Gasteiger charge is 2.17. The van der Waals surface area contributed by atoms with Gasteiger partial charge in [0.15, 0.2) is 0 Å². The molecule has 2 heterocycles. The van der Waals surface area contributed by atoms with Crippen LogP contribution >= 0.6 is 22.7 Å². The third kappa shape index (κ3) is 4.82. The third-order valence-electron chi connectivity index (χ3n) is 9.64. The highest BCUT2D eigenvalue weighted by Crippen LogP contribution is 2.44. The molecular weight excluding hydrogens is 631 g/mol. The van der Waals surface area contributed by atoms with Gasteiger partial charge in [-0.25, -0.2) is 0 Å². The Morgan fingerprint density at radius 1 is 0.306 bits per heavy atom. The molecule has 0 spiro atoms. The molecule has 10 rings (SSSR count). The van der Waals surface area contributed by atoms with Gasteiger partial charge in [0.05, 0.1) is 0 Å². The number of rotatable bonds is 5. The number of hydrogen-bond acceptors (Lipinski definition) is 3. The Morgan fingerprint density at radius 3 is 1.49 bits per heavy atom. The van der Waals surface area contributed by atoms with E-state index in [1.807, 2.05) is 22.7 Å². The second-order valence-electron chi connectivity index (χ2n) is 12.6. The second kappa shape index (κ2) is 11.5. The third-order valence-corrected chi connectivity index (χ3v) is 11.9. The first-order valence-electron chi connectivity index (χ1n) is 16.6. The van der Waals surface area contributed by atoms with Crippen molar-refractivity contribution >= 4 is 90.9 Å². The van der Waals surface area contributed by atoms with Crippen LogP contribution in [0.4, 0.5) is 17.1 Å². The van der Waals surface area contributed by atoms with E-state index in [9.17, 15) is 0 Å². The average molecular weight is 660 g/mol. The molecule has 10 aromatic rings. The van der Waals surface area contributed by atoms with Crippen molar-refractivity contribution in [2.45, 2.75) is 0 Å². The van der Waals surface area contributed by atoms with Gasteiger partial charge in [0.25, 0.3) is 0 Å². The van der Waals surface area contributed by atoms with Crippen LogP contribution in [-0.4, -0.2) is 0 Å². The maximum Gasteiger partial charge on any atom is 0.0468 e. The van der Waals surface area contributed by atoms with Crippen LogP contribution in [-0.2, 0) is 0 Å². The molecule has 0 aliphatic heterocycles. The summed E-state index contributed by atoms with van der Waals surface area (Å²) < 4.78 is 5.26. The largest absolute Gasteiger partial charge is 0.310 e. The average Bonchev–Trinajstić information content (AvgIpc) is 3.73. The number of nitrogens with zero attached hydrogens (tertiary/aromatic N) is 1. The molecule has 0 N–H and O–H groups in total. The summed E-state index contributed by atoms with van der Waals surface area (Å²) in [6, 6.07) is 64.6. The van der Waals surface area contributed by atoms with Gasteiger partial charge >= 0.3 is 0 Å². The van der Waals surface area contributed by atoms with Gasteiger partial charge in [-0.1, -0.05) is 109 Å². The number of thiophene rings is 2. The van der Waals surface area contributed by atoms with Crippen molar-refractivity contribution in [3.8, 4) is 22.3 Å². The molecule has 49 heavy (non-hydrogen) atoms. The molecule has 0 saturated carbocycles. The highest BCUT2D eigenvalue weighted by molar-refractivity contribution is 7.26. The van der Waals surface area contributed by atoms with E-state index in [0.717, 1.165) is 17.1 Å². The summed E-state index contributed by atoms with van der Waals surface area (Å²) in [5.74, 6) is 0. The minimum Gasteiger partial charge on any atom is -0.310 e. The van der Waals surface area contributed by atoms with Crippen molar-refractivity contribution in [2.24, 2.45) is 0 Å². The van der Waals surface area contributed by atoms with E-state index in [0.29, 0.717) is 0 Å². The Balaban J connectivity index is 1.15. The zero-order valence-corrected chi connectivity index (χ0v) is 28.1. The fourth-order valence-corrected chi connectivity index (χ4v) is 9.49. The SMILES string of the molecule is c1cc(-c2cccc(N(c3ccc4sc5ccccc5c4c3)c3ccc4sc5ccccc5c4c3)c2)cc(-c2cccc3ccccc23)c1. The van der Waals surface area contributed by atoms with Crippen molar-refractivity contribution in [1.29, 1.82) is 0 Å². The normalized spacial score (nSPS) is 11.7. The zero-order valence-electron chi connectivity index (χ0n) is 26.5. The standard InChI is InChI=1S/C46H29NS2/c1-2-16-37-30(10-1)11-9-19-38(37)33-14-7-12-31(26-33)32-13-8-15-34(27-32)47(35-22-24-45-41(28-35)39-17-3-5-20-43(39)48-45)36-23-25-46-42(29-36)40-18-4-6-21-44(40)49-46/h1-29H. The Labute approximate surface area is 292 Å². The van der Waals surface area contributed by atoms with Crippen LogP contribution in [0.3, 0.4) is 0 Å². The summed E-state index contributed by atoms with van der Waals surface area (Å²) in [6.45, 7) is 0. The van der Waals surface area contributed by atoms with E-state index in [1.165, 1.54) is 73.4 Å². The van der Waals surface area contributed by atoms with Gasteiger partial charge in [0.2, 0.25) is 0 Å². The lowest BCUT2D eigenvalue weighted by molar-refractivity contribution is 1.30. The van der Waals surface area contributed by atoms with Gasteiger partial charge < -0.3 is 4.90 Å². The van der Waals surface area contributed by atoms with Crippen LogP contribution in [0, 0.1) is 0 Å². The summed E-state index contributed by atoms with van der Waals surface area (Å²) in [6.07, 6.45) is 0. The summed E-state index contributed by atoms with van der Waals surface area (Å²) in [5.41, 5.74) is 8.30. The molecule has 0 amide bonds. The molecule has 8 aromatic carbocycles. The molecule has 0 aliphatic rings. The van der Waals surface area contributed by atoms with Crippen molar-refractivity contribution in [2.75, 3.05) is 4.90 Å². The molecule has 0 radical (unpaired) electrons. The second-order valence-corrected chi connectivity index (χ2v) is 14.7. The summed E-state index contributed by atoms with van der Waals surface area (Å²) in [5, 5.41) is 7.74. The van der Waals surface area contributed by atoms with Crippen molar-refractivity contribution < 1.29 is 0 Å². The first-order valence-corrected chi connectivity index (χ1v) is 18.2. The van der Waals surface area contributed by atoms with Crippen molar-refractivity contribution in [3.63, 3.8) is 0 Å². The summed E-state index contributed by atoms with van der Waals surface area (Å²) >= 11 is 3.72. The van der Waals surface area contributed by atoms with Gasteiger partial charge in [-0.15, -0.1) is 22.7 Å². The first-order chi connectivity index (χ1) is 24.3. The molecule has 0 unspecified atom stereocenters. The molecular formula is C46H29NS2. The van der Waals surface area contributed by atoms with Crippen LogP contribution in [0.1, 0.15) is 0 Å². The van der Waals surface area contributed by atoms with Gasteiger partial charge in [-0.05, 0) is 99.8 Å². The van der Waals surface area contributed by atoms with E-state index in [4.69, 9.17) is 0 Å². The Hall–Kier alpha value is -5.74. The van der Waals surface area contributed by atoms with Crippen molar-refractivity contribution in [3.05, 3.63) is 176 Å². The van der Waals surface area contributed by atoms with Crippen LogP contribution in [0.15, 0.2) is 176 Å². The summed E-state index contributed by atoms with van der Waals surface area (Å²) in [4.78, 5) is 2.43. The number of benzene rings is 8. The Morgan fingerprint density at radius 2 is 0.796 bits per heavy atom. The van der Waals surface area contributed by atoms with Gasteiger partial charge in [-0.3, -0.25) is 0 Å². The lowest BCUT2D eigenvalue weighted by atomic mass is 9.95. The fraction of sp³-hybridized carbons (Fsp3) is 0. The van der Waals surface area contributed by atoms with E-state index in [2.05, 4.69) is 181 Å². The van der Waals surface area contributed by atoms with E-state index < -0.39 is 0 Å². The number of anilines is 3. The molecule has 230 valence electrons. The van der Waals surface area contributed by atoms with Crippen LogP contribution in [0.25, 0.3) is 73.4 Å². The quantitative estimate of drug-likeness (QED) is 0.178. The van der Waals surface area contributed by atoms with Crippen molar-refractivity contribution in [1.82, 2.24) is 0 Å². The van der Waals surface area contributed by atoms with E-state index in [-0.39, 0.29) is 0 Å². The topological polar surface area (TPSA) is 3.24 Å². The molecule has 0 aliphatic carbocycles. The lowest BCUT2D eigenvalue weighted by Gasteiger charge is -2.26. The number of hydrogen-bond donors (Lipinski definition) is 0. The van der Waals surface area contributed by atoms with E-state index >= 15 is 0 Å². The molecule has 1 nitrogen and oxygen atoms in total. The minimum absolute atomic E-state index is 1.13. The molecule has 0 fully saturated rings. The van der Waals surface area contributed by atoms with Crippen LogP contribution in [0.2, 0.25) is 0 Å². The molecule has 0 saturated heterocycles. The minimum atomic E-state index is 1.13. The smallest absolute Gasteiger partial charge is 0.0468 e. The predicted octanol–water partition coefficient (Wildman–Crippen LogP) is 14.4. The number of fused-ring (bicyclic) bond motifs is 7. The fourth-order valence-electron chi connectivity index (χ4n) is 7.32. The Kier molecular flexibility index (Phi) is 6.61. The maximum absolute atomic E-state index is 2.43. The molecule has 3 heteroatoms. The lowest BCUT2D eigenvalue weighted by Crippen LogP contribution is -2.09. The van der Waals surface area contributed by atoms with Gasteiger partial charge in [0.1, 0.15) is 0 Å².